The van der Waals surface area contributed by atoms with Gasteiger partial charge in [-0.25, -0.2) is 8.78 Å². The highest BCUT2D eigenvalue weighted by Gasteiger charge is 2.24. The Bertz CT molecular complexity index is 433. The lowest BCUT2D eigenvalue weighted by molar-refractivity contribution is 0.180. The summed E-state index contributed by atoms with van der Waals surface area (Å²) in [4.78, 5) is 0. The van der Waals surface area contributed by atoms with E-state index in [0.717, 1.165) is 25.8 Å². The molecule has 0 aromatic heterocycles. The highest BCUT2D eigenvalue weighted by Crippen LogP contribution is 2.32. The molecule has 5 heteroatoms. The summed E-state index contributed by atoms with van der Waals surface area (Å²) >= 11 is 5.99. The summed E-state index contributed by atoms with van der Waals surface area (Å²) < 4.78 is 32.7. The summed E-state index contributed by atoms with van der Waals surface area (Å²) in [6.45, 7) is 0.795. The molecule has 18 heavy (non-hydrogen) atoms. The molecule has 1 unspecified atom stereocenters. The van der Waals surface area contributed by atoms with Gasteiger partial charge in [-0.05, 0) is 25.5 Å². The third-order valence-corrected chi connectivity index (χ3v) is 3.59. The zero-order valence-corrected chi connectivity index (χ0v) is 11.0. The molecule has 2 nitrogen and oxygen atoms in total. The molecule has 1 atom stereocenters. The molecule has 0 saturated carbocycles. The van der Waals surface area contributed by atoms with E-state index in [1.165, 1.54) is 13.2 Å². The van der Waals surface area contributed by atoms with Crippen molar-refractivity contribution in [2.45, 2.75) is 31.9 Å². The molecule has 2 rings (SSSR count). The zero-order valence-electron chi connectivity index (χ0n) is 10.2. The molecule has 0 spiro atoms. The van der Waals surface area contributed by atoms with Crippen LogP contribution in [0.15, 0.2) is 6.07 Å². The second-order valence-electron chi connectivity index (χ2n) is 4.49. The van der Waals surface area contributed by atoms with Crippen LogP contribution in [0, 0.1) is 11.6 Å². The van der Waals surface area contributed by atoms with Gasteiger partial charge < -0.3 is 10.1 Å². The van der Waals surface area contributed by atoms with Gasteiger partial charge in [0.25, 0.3) is 0 Å². The van der Waals surface area contributed by atoms with Crippen LogP contribution in [0.5, 0.6) is 0 Å². The van der Waals surface area contributed by atoms with Crippen LogP contribution in [0.1, 0.15) is 36.4 Å². The molecule has 0 bridgehead atoms. The van der Waals surface area contributed by atoms with Crippen LogP contribution in [0.4, 0.5) is 8.78 Å². The molecule has 0 amide bonds. The number of methoxy groups -OCH3 is 1. The first-order valence-electron chi connectivity index (χ1n) is 6.03. The number of piperidine rings is 1. The first-order chi connectivity index (χ1) is 8.65. The molecule has 0 aliphatic carbocycles. The number of hydrogen-bond donors (Lipinski definition) is 1. The lowest BCUT2D eigenvalue weighted by Gasteiger charge is -2.25. The SMILES string of the molecule is COCc1c(Cl)cc(C2CCCCN2)c(F)c1F. The lowest BCUT2D eigenvalue weighted by Crippen LogP contribution is -2.28. The Morgan fingerprint density at radius 3 is 2.78 bits per heavy atom. The van der Waals surface area contributed by atoms with Gasteiger partial charge in [-0.3, -0.25) is 0 Å². The summed E-state index contributed by atoms with van der Waals surface area (Å²) in [6.07, 6.45) is 2.88. The minimum Gasteiger partial charge on any atom is -0.380 e. The van der Waals surface area contributed by atoms with Gasteiger partial charge in [0, 0.05) is 29.3 Å². The van der Waals surface area contributed by atoms with Crippen LogP contribution in [-0.4, -0.2) is 13.7 Å². The van der Waals surface area contributed by atoms with E-state index in [1.54, 1.807) is 0 Å². The molecule has 1 aromatic carbocycles. The smallest absolute Gasteiger partial charge is 0.166 e. The number of halogens is 3. The maximum Gasteiger partial charge on any atom is 0.166 e. The van der Waals surface area contributed by atoms with Crippen LogP contribution in [0.25, 0.3) is 0 Å². The first-order valence-corrected chi connectivity index (χ1v) is 6.41. The van der Waals surface area contributed by atoms with Crippen molar-refractivity contribution in [2.24, 2.45) is 0 Å². The Hall–Kier alpha value is -0.710. The predicted molar refractivity (Wildman–Crippen MR) is 66.7 cm³/mol. The van der Waals surface area contributed by atoms with E-state index in [0.29, 0.717) is 5.56 Å². The summed E-state index contributed by atoms with van der Waals surface area (Å²) in [5, 5.41) is 3.41. The number of hydrogen-bond acceptors (Lipinski definition) is 2. The van der Waals surface area contributed by atoms with Gasteiger partial charge in [-0.1, -0.05) is 18.0 Å². The zero-order chi connectivity index (χ0) is 13.1. The van der Waals surface area contributed by atoms with Crippen molar-refractivity contribution < 1.29 is 13.5 Å². The number of benzene rings is 1. The summed E-state index contributed by atoms with van der Waals surface area (Å²) in [5.74, 6) is -1.71. The molecule has 1 fully saturated rings. The van der Waals surface area contributed by atoms with Crippen LogP contribution in [0.3, 0.4) is 0 Å². The van der Waals surface area contributed by atoms with Crippen LogP contribution >= 0.6 is 11.6 Å². The van der Waals surface area contributed by atoms with Crippen LogP contribution in [-0.2, 0) is 11.3 Å². The molecule has 1 aliphatic rings. The van der Waals surface area contributed by atoms with E-state index in [-0.39, 0.29) is 23.2 Å². The average molecular weight is 276 g/mol. The van der Waals surface area contributed by atoms with Gasteiger partial charge in [0.05, 0.1) is 6.61 Å². The molecule has 1 aromatic rings. The summed E-state index contributed by atoms with van der Waals surface area (Å²) in [5.41, 5.74) is 0.397. The molecule has 100 valence electrons. The van der Waals surface area contributed by atoms with Crippen LogP contribution in [0.2, 0.25) is 5.02 Å². The Kier molecular flexibility index (Phi) is 4.54. The second-order valence-corrected chi connectivity index (χ2v) is 4.90. The number of ether oxygens (including phenoxy) is 1. The molecule has 1 N–H and O–H groups in total. The number of rotatable bonds is 3. The van der Waals surface area contributed by atoms with Crippen molar-refractivity contribution in [2.75, 3.05) is 13.7 Å². The largest absolute Gasteiger partial charge is 0.380 e. The fourth-order valence-electron chi connectivity index (χ4n) is 2.30. The van der Waals surface area contributed by atoms with Gasteiger partial charge in [-0.15, -0.1) is 0 Å². The van der Waals surface area contributed by atoms with Gasteiger partial charge in [0.15, 0.2) is 11.6 Å². The maximum absolute atomic E-state index is 14.0. The van der Waals surface area contributed by atoms with Crippen molar-refractivity contribution >= 4 is 11.6 Å². The highest BCUT2D eigenvalue weighted by molar-refractivity contribution is 6.31. The molecule has 1 aliphatic heterocycles. The molecular weight excluding hydrogens is 260 g/mol. The van der Waals surface area contributed by atoms with E-state index in [4.69, 9.17) is 16.3 Å². The topological polar surface area (TPSA) is 21.3 Å². The third-order valence-electron chi connectivity index (χ3n) is 3.26. The molecule has 0 radical (unpaired) electrons. The van der Waals surface area contributed by atoms with Gasteiger partial charge in [-0.2, -0.15) is 0 Å². The Balaban J connectivity index is 2.37. The second kappa shape index (κ2) is 5.95. The van der Waals surface area contributed by atoms with Crippen molar-refractivity contribution in [1.82, 2.24) is 5.32 Å². The number of nitrogens with one attached hydrogen (secondary N) is 1. The van der Waals surface area contributed by atoms with E-state index in [9.17, 15) is 8.78 Å². The van der Waals surface area contributed by atoms with E-state index >= 15 is 0 Å². The molecule has 1 heterocycles. The Morgan fingerprint density at radius 2 is 2.17 bits per heavy atom. The van der Waals surface area contributed by atoms with Crippen molar-refractivity contribution in [3.05, 3.63) is 33.9 Å². The van der Waals surface area contributed by atoms with Gasteiger partial charge >= 0.3 is 0 Å². The van der Waals surface area contributed by atoms with Crippen molar-refractivity contribution in [3.8, 4) is 0 Å². The lowest BCUT2D eigenvalue weighted by atomic mass is 9.96. The molecule has 1 saturated heterocycles. The van der Waals surface area contributed by atoms with Crippen molar-refractivity contribution in [1.29, 1.82) is 0 Å². The summed E-state index contributed by atoms with van der Waals surface area (Å²) in [6, 6.07) is 1.36. The normalized spacial score (nSPS) is 20.1. The van der Waals surface area contributed by atoms with Gasteiger partial charge in [0.1, 0.15) is 0 Å². The summed E-state index contributed by atoms with van der Waals surface area (Å²) in [7, 11) is 1.42. The van der Waals surface area contributed by atoms with Crippen molar-refractivity contribution in [3.63, 3.8) is 0 Å². The monoisotopic (exact) mass is 275 g/mol. The maximum atomic E-state index is 14.0. The predicted octanol–water partition coefficient (Wildman–Crippen LogP) is 3.58. The fourth-order valence-corrected chi connectivity index (χ4v) is 2.55. The molecular formula is C13H16ClF2NO. The Morgan fingerprint density at radius 1 is 1.39 bits per heavy atom. The fraction of sp³-hybridized carbons (Fsp3) is 0.538. The minimum absolute atomic E-state index is 0.0278. The third kappa shape index (κ3) is 2.66. The van der Waals surface area contributed by atoms with E-state index in [2.05, 4.69) is 5.32 Å². The van der Waals surface area contributed by atoms with E-state index < -0.39 is 11.6 Å². The average Bonchev–Trinajstić information content (AvgIpc) is 2.40. The van der Waals surface area contributed by atoms with E-state index in [1.807, 2.05) is 0 Å². The minimum atomic E-state index is -0.897. The highest BCUT2D eigenvalue weighted by atomic mass is 35.5. The first kappa shape index (κ1) is 13.7. The quantitative estimate of drug-likeness (QED) is 0.852. The Labute approximate surface area is 110 Å². The van der Waals surface area contributed by atoms with Gasteiger partial charge in [0.2, 0.25) is 0 Å². The van der Waals surface area contributed by atoms with Crippen LogP contribution < -0.4 is 5.32 Å². The standard InChI is InChI=1S/C13H16ClF2NO/c1-18-7-9-10(14)6-8(12(15)13(9)16)11-4-2-3-5-17-11/h6,11,17H,2-5,7H2,1H3.